The summed E-state index contributed by atoms with van der Waals surface area (Å²) in [4.78, 5) is 0. The van der Waals surface area contributed by atoms with Gasteiger partial charge in [0, 0.05) is 38.6 Å². The molecule has 0 unspecified atom stereocenters. The highest BCUT2D eigenvalue weighted by molar-refractivity contribution is 7.86. The van der Waals surface area contributed by atoms with Crippen molar-refractivity contribution < 1.29 is 8.42 Å². The Bertz CT molecular complexity index is 500. The average molecular weight is 284 g/mol. The van der Waals surface area contributed by atoms with Gasteiger partial charge in [0.1, 0.15) is 0 Å². The van der Waals surface area contributed by atoms with Crippen LogP contribution in [0.5, 0.6) is 0 Å². The minimum absolute atomic E-state index is 0.191. The lowest BCUT2D eigenvalue weighted by molar-refractivity contribution is 0.178. The summed E-state index contributed by atoms with van der Waals surface area (Å²) in [6.45, 7) is 2.43. The van der Waals surface area contributed by atoms with E-state index in [0.29, 0.717) is 26.2 Å². The fourth-order valence-electron chi connectivity index (χ4n) is 2.70. The van der Waals surface area contributed by atoms with Gasteiger partial charge in [-0.05, 0) is 18.9 Å². The molecular formula is C12H20N4O2S. The number of hydrogen-bond acceptors (Lipinski definition) is 3. The van der Waals surface area contributed by atoms with Crippen molar-refractivity contribution >= 4 is 10.2 Å². The summed E-state index contributed by atoms with van der Waals surface area (Å²) in [5.41, 5.74) is 0. The van der Waals surface area contributed by atoms with Crippen molar-refractivity contribution in [1.82, 2.24) is 18.4 Å². The molecule has 0 aliphatic carbocycles. The largest absolute Gasteiger partial charge is 0.282 e. The summed E-state index contributed by atoms with van der Waals surface area (Å²) < 4.78 is 30.0. The maximum absolute atomic E-state index is 12.5. The minimum atomic E-state index is -3.25. The standard InChI is InChI=1S/C12H20N4O2S/c17-19(18,14-7-3-1-2-4-8-14)15-10-12(11-15)16-9-5-6-13-16/h5-6,9,12H,1-4,7-8,10-11H2. The van der Waals surface area contributed by atoms with Crippen molar-refractivity contribution in [3.8, 4) is 0 Å². The minimum Gasteiger partial charge on any atom is -0.267 e. The van der Waals surface area contributed by atoms with Crippen LogP contribution in [0.1, 0.15) is 31.7 Å². The summed E-state index contributed by atoms with van der Waals surface area (Å²) in [5.74, 6) is 0. The van der Waals surface area contributed by atoms with Gasteiger partial charge in [0.15, 0.2) is 0 Å². The molecule has 3 rings (SSSR count). The fourth-order valence-corrected chi connectivity index (χ4v) is 4.47. The van der Waals surface area contributed by atoms with E-state index in [2.05, 4.69) is 5.10 Å². The molecule has 6 nitrogen and oxygen atoms in total. The molecule has 1 aromatic rings. The SMILES string of the molecule is O=S(=O)(N1CCCCCC1)N1CC(n2cccn2)C1. The van der Waals surface area contributed by atoms with Gasteiger partial charge in [-0.3, -0.25) is 4.68 Å². The summed E-state index contributed by atoms with van der Waals surface area (Å²) in [5, 5.41) is 4.16. The highest BCUT2D eigenvalue weighted by atomic mass is 32.2. The number of aromatic nitrogens is 2. The molecule has 0 radical (unpaired) electrons. The number of nitrogens with zero attached hydrogens (tertiary/aromatic N) is 4. The molecule has 2 saturated heterocycles. The molecule has 0 atom stereocenters. The molecule has 2 aliphatic rings. The quantitative estimate of drug-likeness (QED) is 0.827. The zero-order valence-electron chi connectivity index (χ0n) is 11.0. The van der Waals surface area contributed by atoms with Crippen LogP contribution in [0, 0.1) is 0 Å². The first-order chi connectivity index (χ1) is 9.18. The fraction of sp³-hybridized carbons (Fsp3) is 0.750. The lowest BCUT2D eigenvalue weighted by Crippen LogP contribution is -2.55. The molecule has 2 aliphatic heterocycles. The third-order valence-electron chi connectivity index (χ3n) is 3.95. The van der Waals surface area contributed by atoms with Crippen molar-refractivity contribution in [2.45, 2.75) is 31.7 Å². The van der Waals surface area contributed by atoms with Crippen molar-refractivity contribution in [3.63, 3.8) is 0 Å². The van der Waals surface area contributed by atoms with Crippen LogP contribution >= 0.6 is 0 Å². The van der Waals surface area contributed by atoms with Crippen LogP contribution in [0.25, 0.3) is 0 Å². The van der Waals surface area contributed by atoms with Gasteiger partial charge in [-0.25, -0.2) is 0 Å². The Morgan fingerprint density at radius 1 is 1.00 bits per heavy atom. The first-order valence-electron chi connectivity index (χ1n) is 6.92. The first kappa shape index (κ1) is 13.1. The van der Waals surface area contributed by atoms with E-state index in [4.69, 9.17) is 0 Å². The monoisotopic (exact) mass is 284 g/mol. The van der Waals surface area contributed by atoms with Crippen molar-refractivity contribution in [2.75, 3.05) is 26.2 Å². The van der Waals surface area contributed by atoms with Crippen LogP contribution in [0.3, 0.4) is 0 Å². The Hall–Kier alpha value is -0.920. The predicted molar refractivity (Wildman–Crippen MR) is 71.8 cm³/mol. The van der Waals surface area contributed by atoms with E-state index < -0.39 is 10.2 Å². The van der Waals surface area contributed by atoms with Crippen LogP contribution in [-0.2, 0) is 10.2 Å². The third kappa shape index (κ3) is 2.54. The molecule has 1 aromatic heterocycles. The van der Waals surface area contributed by atoms with Gasteiger partial charge in [0.05, 0.1) is 6.04 Å². The van der Waals surface area contributed by atoms with E-state index in [1.165, 1.54) is 0 Å². The topological polar surface area (TPSA) is 58.4 Å². The Kier molecular flexibility index (Phi) is 3.60. The van der Waals surface area contributed by atoms with E-state index in [-0.39, 0.29) is 6.04 Å². The smallest absolute Gasteiger partial charge is 0.267 e. The van der Waals surface area contributed by atoms with Gasteiger partial charge >= 0.3 is 0 Å². The van der Waals surface area contributed by atoms with E-state index in [0.717, 1.165) is 25.7 Å². The second-order valence-electron chi connectivity index (χ2n) is 5.28. The number of rotatable bonds is 3. The number of hydrogen-bond donors (Lipinski definition) is 0. The highest BCUT2D eigenvalue weighted by Gasteiger charge is 2.40. The molecule has 3 heterocycles. The molecule has 0 aromatic carbocycles. The van der Waals surface area contributed by atoms with Gasteiger partial charge in [0.2, 0.25) is 0 Å². The van der Waals surface area contributed by atoms with Crippen molar-refractivity contribution in [1.29, 1.82) is 0 Å². The van der Waals surface area contributed by atoms with Gasteiger partial charge in [0.25, 0.3) is 10.2 Å². The summed E-state index contributed by atoms with van der Waals surface area (Å²) in [7, 11) is -3.25. The maximum Gasteiger partial charge on any atom is 0.282 e. The van der Waals surface area contributed by atoms with Gasteiger partial charge < -0.3 is 0 Å². The molecular weight excluding hydrogens is 264 g/mol. The molecule has 19 heavy (non-hydrogen) atoms. The summed E-state index contributed by atoms with van der Waals surface area (Å²) in [6, 6.07) is 2.06. The molecule has 0 amide bonds. The van der Waals surface area contributed by atoms with Crippen LogP contribution in [0.15, 0.2) is 18.5 Å². The van der Waals surface area contributed by atoms with E-state index >= 15 is 0 Å². The van der Waals surface area contributed by atoms with Gasteiger partial charge in [-0.15, -0.1) is 0 Å². The lowest BCUT2D eigenvalue weighted by atomic mass is 10.2. The third-order valence-corrected chi connectivity index (χ3v) is 5.91. The zero-order valence-corrected chi connectivity index (χ0v) is 11.8. The predicted octanol–water partition coefficient (Wildman–Crippen LogP) is 0.861. The van der Waals surface area contributed by atoms with Crippen LogP contribution in [0.4, 0.5) is 0 Å². The Labute approximate surface area is 114 Å². The summed E-state index contributed by atoms with van der Waals surface area (Å²) in [6.07, 6.45) is 7.86. The lowest BCUT2D eigenvalue weighted by Gasteiger charge is -2.40. The van der Waals surface area contributed by atoms with E-state index in [1.807, 2.05) is 16.9 Å². The Morgan fingerprint density at radius 3 is 2.26 bits per heavy atom. The Morgan fingerprint density at radius 2 is 1.68 bits per heavy atom. The average Bonchev–Trinajstić information content (AvgIpc) is 2.68. The second kappa shape index (κ2) is 5.22. The summed E-state index contributed by atoms with van der Waals surface area (Å²) >= 11 is 0. The van der Waals surface area contributed by atoms with E-state index in [1.54, 1.807) is 14.8 Å². The van der Waals surface area contributed by atoms with E-state index in [9.17, 15) is 8.42 Å². The molecule has 0 N–H and O–H groups in total. The second-order valence-corrected chi connectivity index (χ2v) is 7.21. The maximum atomic E-state index is 12.5. The normalized spacial score (nSPS) is 24.0. The van der Waals surface area contributed by atoms with Crippen molar-refractivity contribution in [3.05, 3.63) is 18.5 Å². The van der Waals surface area contributed by atoms with Crippen LogP contribution in [0.2, 0.25) is 0 Å². The van der Waals surface area contributed by atoms with Crippen LogP contribution in [-0.4, -0.2) is 53.0 Å². The van der Waals surface area contributed by atoms with Gasteiger partial charge in [-0.2, -0.15) is 22.1 Å². The Balaban J connectivity index is 1.63. The molecule has 0 bridgehead atoms. The van der Waals surface area contributed by atoms with Gasteiger partial charge in [-0.1, -0.05) is 12.8 Å². The molecule has 7 heteroatoms. The highest BCUT2D eigenvalue weighted by Crippen LogP contribution is 2.26. The molecule has 106 valence electrons. The molecule has 0 spiro atoms. The van der Waals surface area contributed by atoms with Crippen molar-refractivity contribution in [2.24, 2.45) is 0 Å². The molecule has 0 saturated carbocycles. The first-order valence-corrected chi connectivity index (χ1v) is 8.32. The van der Waals surface area contributed by atoms with Crippen LogP contribution < -0.4 is 0 Å². The molecule has 2 fully saturated rings. The zero-order chi connectivity index (χ0) is 13.3.